The number of hydrogen-bond donors (Lipinski definition) is 1. The second-order valence-electron chi connectivity index (χ2n) is 7.66. The van der Waals surface area contributed by atoms with Gasteiger partial charge in [-0.25, -0.2) is 9.98 Å². The topological polar surface area (TPSA) is 53.0 Å². The lowest BCUT2D eigenvalue weighted by molar-refractivity contribution is 0.0529. The highest BCUT2D eigenvalue weighted by Gasteiger charge is 2.17. The Kier molecular flexibility index (Phi) is 9.84. The molecule has 0 bridgehead atoms. The minimum atomic E-state index is 0. The molecular formula is C23H34IN5O. The molecule has 0 amide bonds. The minimum Gasteiger partial charge on any atom is -0.375 e. The van der Waals surface area contributed by atoms with Crippen LogP contribution in [-0.4, -0.2) is 55.2 Å². The zero-order valence-corrected chi connectivity index (χ0v) is 20.8. The average molecular weight is 523 g/mol. The summed E-state index contributed by atoms with van der Waals surface area (Å²) in [6.07, 6.45) is 2.18. The zero-order chi connectivity index (χ0) is 20.6. The van der Waals surface area contributed by atoms with Crippen molar-refractivity contribution in [3.63, 3.8) is 0 Å². The predicted octanol–water partition coefficient (Wildman–Crippen LogP) is 3.83. The number of nitrogens with one attached hydrogen (secondary N) is 1. The van der Waals surface area contributed by atoms with Crippen molar-refractivity contribution in [2.75, 3.05) is 38.2 Å². The molecule has 2 heterocycles. The fourth-order valence-corrected chi connectivity index (χ4v) is 3.40. The molecule has 1 aliphatic heterocycles. The first-order valence-corrected chi connectivity index (χ1v) is 10.4. The SMILES string of the molecule is CCNC(=NCc1ccc(N2CCOC(C)C2)nc1)N(C)Cc1ccc(C)cc1.I. The normalized spacial score (nSPS) is 16.7. The van der Waals surface area contributed by atoms with E-state index >= 15 is 0 Å². The number of aromatic nitrogens is 1. The van der Waals surface area contributed by atoms with Gasteiger partial charge in [0, 0.05) is 39.4 Å². The summed E-state index contributed by atoms with van der Waals surface area (Å²) in [5.74, 6) is 1.91. The van der Waals surface area contributed by atoms with Gasteiger partial charge in [-0.15, -0.1) is 24.0 Å². The molecule has 1 N–H and O–H groups in total. The maximum Gasteiger partial charge on any atom is 0.194 e. The van der Waals surface area contributed by atoms with Crippen molar-refractivity contribution in [1.29, 1.82) is 0 Å². The summed E-state index contributed by atoms with van der Waals surface area (Å²) in [5, 5.41) is 3.39. The fourth-order valence-electron chi connectivity index (χ4n) is 3.40. The predicted molar refractivity (Wildman–Crippen MR) is 135 cm³/mol. The average Bonchev–Trinajstić information content (AvgIpc) is 2.73. The van der Waals surface area contributed by atoms with Gasteiger partial charge in [-0.3, -0.25) is 0 Å². The van der Waals surface area contributed by atoms with E-state index in [0.29, 0.717) is 6.54 Å². The zero-order valence-electron chi connectivity index (χ0n) is 18.5. The lowest BCUT2D eigenvalue weighted by atomic mass is 10.1. The number of aryl methyl sites for hydroxylation is 1. The third kappa shape index (κ3) is 7.12. The largest absolute Gasteiger partial charge is 0.375 e. The van der Waals surface area contributed by atoms with E-state index in [4.69, 9.17) is 9.73 Å². The van der Waals surface area contributed by atoms with Gasteiger partial charge in [0.05, 0.1) is 19.3 Å². The highest BCUT2D eigenvalue weighted by atomic mass is 127. The Morgan fingerprint density at radius 2 is 1.97 bits per heavy atom. The molecule has 30 heavy (non-hydrogen) atoms. The lowest BCUT2D eigenvalue weighted by Gasteiger charge is -2.32. The standard InChI is InChI=1S/C23H33N5O.HI/c1-5-24-23(27(4)17-20-8-6-18(2)7-9-20)26-15-21-10-11-22(25-14-21)28-12-13-29-19(3)16-28;/h6-11,14,19H,5,12-13,15-17H2,1-4H3,(H,24,26);1H. The number of rotatable bonds is 6. The van der Waals surface area contributed by atoms with Crippen LogP contribution in [-0.2, 0) is 17.8 Å². The Balaban J connectivity index is 0.00000320. The Morgan fingerprint density at radius 1 is 1.23 bits per heavy atom. The molecule has 0 spiro atoms. The number of aliphatic imine (C=N–C) groups is 1. The smallest absolute Gasteiger partial charge is 0.194 e. The van der Waals surface area contributed by atoms with Crippen LogP contribution in [0.15, 0.2) is 47.6 Å². The molecule has 1 aromatic carbocycles. The molecular weight excluding hydrogens is 489 g/mol. The maximum absolute atomic E-state index is 5.61. The summed E-state index contributed by atoms with van der Waals surface area (Å²) >= 11 is 0. The van der Waals surface area contributed by atoms with Crippen LogP contribution in [0.1, 0.15) is 30.5 Å². The second kappa shape index (κ2) is 12.1. The van der Waals surface area contributed by atoms with Gasteiger partial charge in [0.25, 0.3) is 0 Å². The highest BCUT2D eigenvalue weighted by molar-refractivity contribution is 14.0. The highest BCUT2D eigenvalue weighted by Crippen LogP contribution is 2.16. The third-order valence-electron chi connectivity index (χ3n) is 5.02. The van der Waals surface area contributed by atoms with Crippen molar-refractivity contribution in [3.8, 4) is 0 Å². The summed E-state index contributed by atoms with van der Waals surface area (Å²) in [5.41, 5.74) is 3.66. The van der Waals surface area contributed by atoms with Crippen molar-refractivity contribution in [3.05, 3.63) is 59.3 Å². The number of guanidine groups is 1. The van der Waals surface area contributed by atoms with Gasteiger partial charge in [0.2, 0.25) is 0 Å². The van der Waals surface area contributed by atoms with Gasteiger partial charge in [0.15, 0.2) is 5.96 Å². The molecule has 6 nitrogen and oxygen atoms in total. The van der Waals surface area contributed by atoms with Crippen LogP contribution in [0.4, 0.5) is 5.82 Å². The summed E-state index contributed by atoms with van der Waals surface area (Å²) in [6.45, 7) is 11.1. The van der Waals surface area contributed by atoms with Crippen molar-refractivity contribution in [1.82, 2.24) is 15.2 Å². The molecule has 1 saturated heterocycles. The van der Waals surface area contributed by atoms with Gasteiger partial charge >= 0.3 is 0 Å². The van der Waals surface area contributed by atoms with Crippen molar-refractivity contribution < 1.29 is 4.74 Å². The monoisotopic (exact) mass is 523 g/mol. The van der Waals surface area contributed by atoms with Crippen LogP contribution in [0.2, 0.25) is 0 Å². The molecule has 3 rings (SSSR count). The molecule has 0 radical (unpaired) electrons. The lowest BCUT2D eigenvalue weighted by Crippen LogP contribution is -2.41. The van der Waals surface area contributed by atoms with E-state index in [1.54, 1.807) is 0 Å². The van der Waals surface area contributed by atoms with E-state index in [1.807, 2.05) is 6.20 Å². The minimum absolute atomic E-state index is 0. The molecule has 0 aliphatic carbocycles. The molecule has 2 aromatic rings. The van der Waals surface area contributed by atoms with Gasteiger partial charge in [-0.2, -0.15) is 0 Å². The number of halogens is 1. The third-order valence-corrected chi connectivity index (χ3v) is 5.02. The molecule has 1 unspecified atom stereocenters. The number of pyridine rings is 1. The van der Waals surface area contributed by atoms with Crippen LogP contribution < -0.4 is 10.2 Å². The number of hydrogen-bond acceptors (Lipinski definition) is 4. The summed E-state index contributed by atoms with van der Waals surface area (Å²) in [7, 11) is 2.07. The van der Waals surface area contributed by atoms with Crippen LogP contribution >= 0.6 is 24.0 Å². The first-order chi connectivity index (χ1) is 14.0. The number of benzene rings is 1. The Hall–Kier alpha value is -1.87. The van der Waals surface area contributed by atoms with E-state index < -0.39 is 0 Å². The fraction of sp³-hybridized carbons (Fsp3) is 0.478. The summed E-state index contributed by atoms with van der Waals surface area (Å²) in [4.78, 5) is 13.9. The van der Waals surface area contributed by atoms with Crippen molar-refractivity contribution >= 4 is 35.8 Å². The van der Waals surface area contributed by atoms with Gasteiger partial charge in [-0.05, 0) is 38.0 Å². The van der Waals surface area contributed by atoms with Crippen LogP contribution in [0.3, 0.4) is 0 Å². The van der Waals surface area contributed by atoms with Crippen LogP contribution in [0, 0.1) is 6.92 Å². The summed E-state index contributed by atoms with van der Waals surface area (Å²) < 4.78 is 5.61. The second-order valence-corrected chi connectivity index (χ2v) is 7.66. The van der Waals surface area contributed by atoms with Crippen LogP contribution in [0.25, 0.3) is 0 Å². The van der Waals surface area contributed by atoms with Crippen LogP contribution in [0.5, 0.6) is 0 Å². The number of ether oxygens (including phenoxy) is 1. The number of morpholine rings is 1. The van der Waals surface area contributed by atoms with Gasteiger partial charge < -0.3 is 19.9 Å². The molecule has 1 atom stereocenters. The van der Waals surface area contributed by atoms with E-state index in [-0.39, 0.29) is 30.1 Å². The van der Waals surface area contributed by atoms with E-state index in [0.717, 1.165) is 50.1 Å². The Morgan fingerprint density at radius 3 is 2.60 bits per heavy atom. The van der Waals surface area contributed by atoms with E-state index in [1.165, 1.54) is 11.1 Å². The quantitative estimate of drug-likeness (QED) is 0.355. The van der Waals surface area contributed by atoms with E-state index in [9.17, 15) is 0 Å². The van der Waals surface area contributed by atoms with Gasteiger partial charge in [-0.1, -0.05) is 35.9 Å². The Bertz CT molecular complexity index is 794. The number of nitrogens with zero attached hydrogens (tertiary/aromatic N) is 4. The Labute approximate surface area is 197 Å². The van der Waals surface area contributed by atoms with Gasteiger partial charge in [0.1, 0.15) is 5.82 Å². The van der Waals surface area contributed by atoms with Crippen molar-refractivity contribution in [2.24, 2.45) is 4.99 Å². The molecule has 164 valence electrons. The molecule has 1 aromatic heterocycles. The summed E-state index contributed by atoms with van der Waals surface area (Å²) in [6, 6.07) is 12.8. The first-order valence-electron chi connectivity index (χ1n) is 10.4. The molecule has 7 heteroatoms. The maximum atomic E-state index is 5.61. The molecule has 1 fully saturated rings. The number of anilines is 1. The molecule has 1 aliphatic rings. The van der Waals surface area contributed by atoms with Crippen molar-refractivity contribution in [2.45, 2.75) is 40.0 Å². The molecule has 0 saturated carbocycles. The van der Waals surface area contributed by atoms with E-state index in [2.05, 4.69) is 84.3 Å². The first kappa shape index (κ1) is 24.4.